The summed E-state index contributed by atoms with van der Waals surface area (Å²) >= 11 is 0. The fourth-order valence-electron chi connectivity index (χ4n) is 3.35. The van der Waals surface area contributed by atoms with Gasteiger partial charge in [-0.1, -0.05) is 43.2 Å². The van der Waals surface area contributed by atoms with Crippen LogP contribution < -0.4 is 10.6 Å². The Balaban J connectivity index is 1.87. The molecule has 0 aliphatic carbocycles. The van der Waals surface area contributed by atoms with Crippen LogP contribution in [0.4, 0.5) is 11.6 Å². The molecule has 23 heavy (non-hydrogen) atoms. The average Bonchev–Trinajstić information content (AvgIpc) is 2.81. The monoisotopic (exact) mass is 307 g/mol. The van der Waals surface area contributed by atoms with E-state index >= 15 is 0 Å². The van der Waals surface area contributed by atoms with Crippen LogP contribution in [0, 0.1) is 0 Å². The molecule has 4 rings (SSSR count). The van der Waals surface area contributed by atoms with Crippen molar-refractivity contribution in [3.63, 3.8) is 0 Å². The highest BCUT2D eigenvalue weighted by Gasteiger charge is 2.17. The molecule has 5 heteroatoms. The third kappa shape index (κ3) is 2.63. The predicted octanol–water partition coefficient (Wildman–Crippen LogP) is 3.59. The Morgan fingerprint density at radius 1 is 1.00 bits per heavy atom. The van der Waals surface area contributed by atoms with Crippen molar-refractivity contribution in [2.24, 2.45) is 0 Å². The van der Waals surface area contributed by atoms with Crippen LogP contribution in [0.3, 0.4) is 0 Å². The van der Waals surface area contributed by atoms with E-state index in [0.29, 0.717) is 5.82 Å². The van der Waals surface area contributed by atoms with Gasteiger partial charge in [-0.15, -0.1) is 0 Å². The number of nitrogens with one attached hydrogen (secondary N) is 1. The number of fused-ring (bicyclic) bond motifs is 1. The van der Waals surface area contributed by atoms with E-state index < -0.39 is 0 Å². The number of nitrogen functional groups attached to an aromatic ring is 1. The molecule has 118 valence electrons. The summed E-state index contributed by atoms with van der Waals surface area (Å²) in [4.78, 5) is 7.16. The van der Waals surface area contributed by atoms with Crippen molar-refractivity contribution in [3.8, 4) is 11.1 Å². The first-order valence-corrected chi connectivity index (χ1v) is 8.28. The van der Waals surface area contributed by atoms with Gasteiger partial charge in [-0.2, -0.15) is 5.10 Å². The van der Waals surface area contributed by atoms with Gasteiger partial charge < -0.3 is 10.6 Å². The van der Waals surface area contributed by atoms with Crippen LogP contribution in [-0.2, 0) is 0 Å². The van der Waals surface area contributed by atoms with Gasteiger partial charge in [0.1, 0.15) is 5.82 Å². The Morgan fingerprint density at radius 2 is 1.74 bits per heavy atom. The van der Waals surface area contributed by atoms with Gasteiger partial charge in [-0.3, -0.25) is 5.10 Å². The number of aromatic nitrogens is 3. The third-order valence-electron chi connectivity index (χ3n) is 4.56. The maximum Gasteiger partial charge on any atom is 0.160 e. The minimum Gasteiger partial charge on any atom is -0.382 e. The van der Waals surface area contributed by atoms with Crippen molar-refractivity contribution in [2.75, 3.05) is 23.7 Å². The molecule has 0 bridgehead atoms. The number of anilines is 2. The molecular weight excluding hydrogens is 286 g/mol. The van der Waals surface area contributed by atoms with Gasteiger partial charge in [-0.25, -0.2) is 4.98 Å². The SMILES string of the molecule is Nc1n[nH]c2nc(N3CCCCCC3)cc(-c3ccccc3)c12. The van der Waals surface area contributed by atoms with Crippen LogP contribution in [0.2, 0.25) is 0 Å². The van der Waals surface area contributed by atoms with Gasteiger partial charge in [0.05, 0.1) is 5.39 Å². The number of rotatable bonds is 2. The lowest BCUT2D eigenvalue weighted by molar-refractivity contribution is 0.726. The summed E-state index contributed by atoms with van der Waals surface area (Å²) in [6, 6.07) is 12.5. The Hall–Kier alpha value is -2.56. The van der Waals surface area contributed by atoms with Gasteiger partial charge in [0.25, 0.3) is 0 Å². The lowest BCUT2D eigenvalue weighted by Gasteiger charge is -2.22. The quantitative estimate of drug-likeness (QED) is 0.759. The fourth-order valence-corrected chi connectivity index (χ4v) is 3.35. The van der Waals surface area contributed by atoms with Crippen molar-refractivity contribution < 1.29 is 0 Å². The van der Waals surface area contributed by atoms with E-state index in [-0.39, 0.29) is 0 Å². The summed E-state index contributed by atoms with van der Waals surface area (Å²) in [5.41, 5.74) is 9.08. The topological polar surface area (TPSA) is 70.8 Å². The van der Waals surface area contributed by atoms with Crippen molar-refractivity contribution in [3.05, 3.63) is 36.4 Å². The highest BCUT2D eigenvalue weighted by Crippen LogP contribution is 2.34. The van der Waals surface area contributed by atoms with Crippen LogP contribution in [0.5, 0.6) is 0 Å². The van der Waals surface area contributed by atoms with Gasteiger partial charge in [0.15, 0.2) is 11.5 Å². The summed E-state index contributed by atoms with van der Waals surface area (Å²) in [6.07, 6.45) is 5.07. The van der Waals surface area contributed by atoms with E-state index in [9.17, 15) is 0 Å². The maximum atomic E-state index is 6.07. The van der Waals surface area contributed by atoms with E-state index in [4.69, 9.17) is 10.7 Å². The first-order chi connectivity index (χ1) is 11.3. The Morgan fingerprint density at radius 3 is 2.48 bits per heavy atom. The van der Waals surface area contributed by atoms with Crippen molar-refractivity contribution >= 4 is 22.7 Å². The number of H-pyrrole nitrogens is 1. The molecule has 0 radical (unpaired) electrons. The zero-order chi connectivity index (χ0) is 15.6. The zero-order valence-corrected chi connectivity index (χ0v) is 13.1. The summed E-state index contributed by atoms with van der Waals surface area (Å²) in [7, 11) is 0. The second-order valence-electron chi connectivity index (χ2n) is 6.13. The fraction of sp³-hybridized carbons (Fsp3) is 0.333. The Bertz CT molecular complexity index is 801. The van der Waals surface area contributed by atoms with Crippen molar-refractivity contribution in [1.82, 2.24) is 15.2 Å². The molecule has 0 amide bonds. The summed E-state index contributed by atoms with van der Waals surface area (Å²) in [5, 5.41) is 8.05. The number of hydrogen-bond donors (Lipinski definition) is 2. The van der Waals surface area contributed by atoms with Crippen LogP contribution in [0.1, 0.15) is 25.7 Å². The third-order valence-corrected chi connectivity index (χ3v) is 4.56. The zero-order valence-electron chi connectivity index (χ0n) is 13.1. The number of benzene rings is 1. The number of hydrogen-bond acceptors (Lipinski definition) is 4. The molecule has 5 nitrogen and oxygen atoms in total. The standard InChI is InChI=1S/C18H21N5/c19-17-16-14(13-8-4-3-5-9-13)12-15(20-18(16)22-21-17)23-10-6-1-2-7-11-23/h3-5,8-9,12H,1-2,6-7,10-11H2,(H3,19,20,21,22). The van der Waals surface area contributed by atoms with Crippen LogP contribution in [-0.4, -0.2) is 28.3 Å². The van der Waals surface area contributed by atoms with Gasteiger partial charge >= 0.3 is 0 Å². The van der Waals surface area contributed by atoms with E-state index in [2.05, 4.69) is 33.3 Å². The minimum atomic E-state index is 0.508. The second-order valence-corrected chi connectivity index (χ2v) is 6.13. The van der Waals surface area contributed by atoms with Crippen LogP contribution >= 0.6 is 0 Å². The summed E-state index contributed by atoms with van der Waals surface area (Å²) in [5.74, 6) is 1.52. The maximum absolute atomic E-state index is 6.07. The van der Waals surface area contributed by atoms with Crippen molar-refractivity contribution in [2.45, 2.75) is 25.7 Å². The van der Waals surface area contributed by atoms with E-state index in [1.807, 2.05) is 18.2 Å². The molecule has 3 N–H and O–H groups in total. The molecule has 0 atom stereocenters. The lowest BCUT2D eigenvalue weighted by Crippen LogP contribution is -2.24. The molecule has 0 saturated carbocycles. The average molecular weight is 307 g/mol. The molecule has 1 fully saturated rings. The molecule has 1 aromatic carbocycles. The second kappa shape index (κ2) is 5.91. The van der Waals surface area contributed by atoms with E-state index in [0.717, 1.165) is 41.1 Å². The van der Waals surface area contributed by atoms with Gasteiger partial charge in [-0.05, 0) is 24.5 Å². The number of aromatic amines is 1. The Labute approximate surface area is 135 Å². The highest BCUT2D eigenvalue weighted by molar-refractivity contribution is 6.01. The largest absolute Gasteiger partial charge is 0.382 e. The van der Waals surface area contributed by atoms with Gasteiger partial charge in [0.2, 0.25) is 0 Å². The molecule has 0 spiro atoms. The van der Waals surface area contributed by atoms with E-state index in [1.165, 1.54) is 25.7 Å². The molecule has 3 heterocycles. The van der Waals surface area contributed by atoms with Crippen LogP contribution in [0.25, 0.3) is 22.2 Å². The smallest absolute Gasteiger partial charge is 0.160 e. The Kier molecular flexibility index (Phi) is 3.61. The lowest BCUT2D eigenvalue weighted by atomic mass is 10.0. The molecule has 1 saturated heterocycles. The molecule has 2 aromatic heterocycles. The van der Waals surface area contributed by atoms with Crippen molar-refractivity contribution in [1.29, 1.82) is 0 Å². The molecule has 1 aliphatic heterocycles. The predicted molar refractivity (Wildman–Crippen MR) is 94.4 cm³/mol. The first-order valence-electron chi connectivity index (χ1n) is 8.28. The summed E-state index contributed by atoms with van der Waals surface area (Å²) in [6.45, 7) is 2.13. The molecule has 0 unspecified atom stereocenters. The molecule has 3 aromatic rings. The molecular formula is C18H21N5. The van der Waals surface area contributed by atoms with Crippen LogP contribution in [0.15, 0.2) is 36.4 Å². The number of nitrogens with two attached hydrogens (primary N) is 1. The number of pyridine rings is 1. The van der Waals surface area contributed by atoms with E-state index in [1.54, 1.807) is 0 Å². The highest BCUT2D eigenvalue weighted by atomic mass is 15.2. The first kappa shape index (κ1) is 14.1. The number of nitrogens with zero attached hydrogens (tertiary/aromatic N) is 3. The normalized spacial score (nSPS) is 15.7. The van der Waals surface area contributed by atoms with Gasteiger partial charge in [0, 0.05) is 18.7 Å². The molecule has 1 aliphatic rings. The summed E-state index contributed by atoms with van der Waals surface area (Å²) < 4.78 is 0. The minimum absolute atomic E-state index is 0.508.